The number of hydrazone groups is 1. The number of furan rings is 1. The lowest BCUT2D eigenvalue weighted by Crippen LogP contribution is -2.24. The van der Waals surface area contributed by atoms with E-state index < -0.39 is 12.0 Å². The summed E-state index contributed by atoms with van der Waals surface area (Å²) >= 11 is 0. The predicted octanol–water partition coefficient (Wildman–Crippen LogP) is 1.50. The summed E-state index contributed by atoms with van der Waals surface area (Å²) in [6.45, 7) is 0. The van der Waals surface area contributed by atoms with Crippen LogP contribution in [0.25, 0.3) is 0 Å². The van der Waals surface area contributed by atoms with E-state index in [2.05, 4.69) is 10.5 Å². The smallest absolute Gasteiger partial charge is 0.379 e. The molecule has 7 heteroatoms. The van der Waals surface area contributed by atoms with Crippen LogP contribution in [0.15, 0.2) is 52.2 Å². The molecule has 0 unspecified atom stereocenters. The standard InChI is InChI=1S/C13H11N3O4/c14-13(18)16-15-8-9-3-1-4-10(7-9)20-12(17)11-5-2-6-19-11/h1-8H,(H3,14,16,18). The van der Waals surface area contributed by atoms with Crippen LogP contribution in [0.4, 0.5) is 4.79 Å². The van der Waals surface area contributed by atoms with Crippen LogP contribution in [0.5, 0.6) is 5.75 Å². The molecule has 0 saturated carbocycles. The van der Waals surface area contributed by atoms with E-state index in [0.29, 0.717) is 11.3 Å². The lowest BCUT2D eigenvalue weighted by Gasteiger charge is -2.02. The first kappa shape index (κ1) is 13.3. The third-order valence-corrected chi connectivity index (χ3v) is 2.18. The summed E-state index contributed by atoms with van der Waals surface area (Å²) in [6, 6.07) is 8.92. The molecule has 0 aliphatic heterocycles. The van der Waals surface area contributed by atoms with Gasteiger partial charge >= 0.3 is 12.0 Å². The molecule has 102 valence electrons. The van der Waals surface area contributed by atoms with Crippen molar-refractivity contribution in [3.05, 3.63) is 54.0 Å². The Morgan fingerprint density at radius 1 is 1.30 bits per heavy atom. The second-order valence-electron chi connectivity index (χ2n) is 3.67. The fraction of sp³-hybridized carbons (Fsp3) is 0. The minimum absolute atomic E-state index is 0.111. The zero-order valence-corrected chi connectivity index (χ0v) is 10.3. The Bertz CT molecular complexity index is 635. The quantitative estimate of drug-likeness (QED) is 0.381. The van der Waals surface area contributed by atoms with Gasteiger partial charge in [-0.3, -0.25) is 0 Å². The van der Waals surface area contributed by atoms with E-state index >= 15 is 0 Å². The molecule has 0 atom stereocenters. The molecule has 0 radical (unpaired) electrons. The van der Waals surface area contributed by atoms with Crippen LogP contribution in [-0.2, 0) is 0 Å². The van der Waals surface area contributed by atoms with Crippen molar-refractivity contribution >= 4 is 18.2 Å². The van der Waals surface area contributed by atoms with Gasteiger partial charge in [-0.2, -0.15) is 5.10 Å². The average Bonchev–Trinajstić information content (AvgIpc) is 2.92. The van der Waals surface area contributed by atoms with Crippen LogP contribution < -0.4 is 15.9 Å². The highest BCUT2D eigenvalue weighted by atomic mass is 16.5. The zero-order valence-electron chi connectivity index (χ0n) is 10.3. The van der Waals surface area contributed by atoms with Gasteiger partial charge in [-0.15, -0.1) is 0 Å². The van der Waals surface area contributed by atoms with E-state index in [0.717, 1.165) is 0 Å². The van der Waals surface area contributed by atoms with Crippen LogP contribution >= 0.6 is 0 Å². The fourth-order valence-corrected chi connectivity index (χ4v) is 1.38. The molecule has 0 aliphatic carbocycles. The highest BCUT2D eigenvalue weighted by Crippen LogP contribution is 2.14. The molecule has 1 heterocycles. The normalized spacial score (nSPS) is 10.4. The van der Waals surface area contributed by atoms with Gasteiger partial charge in [-0.05, 0) is 29.8 Å². The van der Waals surface area contributed by atoms with Crippen LogP contribution in [0.1, 0.15) is 16.1 Å². The van der Waals surface area contributed by atoms with E-state index in [4.69, 9.17) is 14.9 Å². The Morgan fingerprint density at radius 3 is 2.85 bits per heavy atom. The second-order valence-corrected chi connectivity index (χ2v) is 3.67. The molecule has 1 aromatic carbocycles. The summed E-state index contributed by atoms with van der Waals surface area (Å²) in [6.07, 6.45) is 2.75. The highest BCUT2D eigenvalue weighted by Gasteiger charge is 2.11. The van der Waals surface area contributed by atoms with Crippen LogP contribution in [0, 0.1) is 0 Å². The molecule has 0 spiro atoms. The van der Waals surface area contributed by atoms with Crippen molar-refractivity contribution in [1.29, 1.82) is 0 Å². The van der Waals surface area contributed by atoms with Crippen molar-refractivity contribution < 1.29 is 18.7 Å². The molecule has 0 saturated heterocycles. The maximum atomic E-state index is 11.7. The van der Waals surface area contributed by atoms with E-state index in [1.807, 2.05) is 0 Å². The average molecular weight is 273 g/mol. The van der Waals surface area contributed by atoms with E-state index in [9.17, 15) is 9.59 Å². The van der Waals surface area contributed by atoms with Crippen LogP contribution in [0.2, 0.25) is 0 Å². The number of urea groups is 1. The van der Waals surface area contributed by atoms with Gasteiger partial charge in [-0.1, -0.05) is 12.1 Å². The number of carbonyl (C=O) groups excluding carboxylic acids is 2. The van der Waals surface area contributed by atoms with E-state index in [1.165, 1.54) is 18.5 Å². The molecular formula is C13H11N3O4. The molecule has 0 aliphatic rings. The maximum absolute atomic E-state index is 11.7. The predicted molar refractivity (Wildman–Crippen MR) is 70.4 cm³/mol. The van der Waals surface area contributed by atoms with E-state index in [-0.39, 0.29) is 5.76 Å². The van der Waals surface area contributed by atoms with Gasteiger partial charge in [0.05, 0.1) is 12.5 Å². The number of hydrogen-bond acceptors (Lipinski definition) is 5. The number of esters is 1. The first-order valence-electron chi connectivity index (χ1n) is 5.59. The third kappa shape index (κ3) is 3.70. The molecule has 1 aromatic heterocycles. The van der Waals surface area contributed by atoms with Gasteiger partial charge in [0.2, 0.25) is 5.76 Å². The zero-order chi connectivity index (χ0) is 14.4. The third-order valence-electron chi connectivity index (χ3n) is 2.18. The number of hydrogen-bond donors (Lipinski definition) is 2. The maximum Gasteiger partial charge on any atom is 0.379 e. The van der Waals surface area contributed by atoms with Crippen molar-refractivity contribution in [2.75, 3.05) is 0 Å². The summed E-state index contributed by atoms with van der Waals surface area (Å²) in [5.74, 6) is -0.159. The molecule has 2 rings (SSSR count). The molecule has 0 fully saturated rings. The van der Waals surface area contributed by atoms with Gasteiger partial charge < -0.3 is 14.9 Å². The van der Waals surface area contributed by atoms with Crippen molar-refractivity contribution in [1.82, 2.24) is 5.43 Å². The monoisotopic (exact) mass is 273 g/mol. The minimum atomic E-state index is -0.762. The number of nitrogens with two attached hydrogens (primary N) is 1. The number of primary amides is 1. The Labute approximate surface area is 114 Å². The van der Waals surface area contributed by atoms with Crippen LogP contribution in [-0.4, -0.2) is 18.2 Å². The number of benzene rings is 1. The summed E-state index contributed by atoms with van der Waals surface area (Å²) in [5, 5.41) is 3.60. The number of rotatable bonds is 4. The fourth-order valence-electron chi connectivity index (χ4n) is 1.38. The van der Waals surface area contributed by atoms with E-state index in [1.54, 1.807) is 30.3 Å². The summed E-state index contributed by atoms with van der Waals surface area (Å²) in [7, 11) is 0. The Kier molecular flexibility index (Phi) is 4.13. The van der Waals surface area contributed by atoms with Crippen molar-refractivity contribution in [2.45, 2.75) is 0 Å². The van der Waals surface area contributed by atoms with Crippen molar-refractivity contribution in [3.63, 3.8) is 0 Å². The van der Waals surface area contributed by atoms with Gasteiger partial charge in [-0.25, -0.2) is 15.0 Å². The van der Waals surface area contributed by atoms with Crippen molar-refractivity contribution in [3.8, 4) is 5.75 Å². The van der Waals surface area contributed by atoms with Gasteiger partial charge in [0, 0.05) is 0 Å². The molecule has 2 amide bonds. The number of ether oxygens (including phenoxy) is 1. The minimum Gasteiger partial charge on any atom is -0.457 e. The lowest BCUT2D eigenvalue weighted by atomic mass is 10.2. The van der Waals surface area contributed by atoms with Crippen molar-refractivity contribution in [2.24, 2.45) is 10.8 Å². The molecule has 0 bridgehead atoms. The largest absolute Gasteiger partial charge is 0.457 e. The molecular weight excluding hydrogens is 262 g/mol. The molecule has 7 nitrogen and oxygen atoms in total. The van der Waals surface area contributed by atoms with Crippen LogP contribution in [0.3, 0.4) is 0 Å². The van der Waals surface area contributed by atoms with Gasteiger partial charge in [0.25, 0.3) is 0 Å². The summed E-state index contributed by atoms with van der Waals surface area (Å²) in [4.78, 5) is 22.1. The Balaban J connectivity index is 2.04. The topological polar surface area (TPSA) is 107 Å². The Morgan fingerprint density at radius 2 is 2.15 bits per heavy atom. The number of nitrogens with one attached hydrogen (secondary N) is 1. The summed E-state index contributed by atoms with van der Waals surface area (Å²) < 4.78 is 10.0. The second kappa shape index (κ2) is 6.19. The number of nitrogens with zero attached hydrogens (tertiary/aromatic N) is 1. The first-order chi connectivity index (χ1) is 9.65. The lowest BCUT2D eigenvalue weighted by molar-refractivity contribution is 0.0701. The molecule has 2 aromatic rings. The first-order valence-corrected chi connectivity index (χ1v) is 5.59. The highest BCUT2D eigenvalue weighted by molar-refractivity contribution is 5.88. The number of carbonyl (C=O) groups is 2. The van der Waals surface area contributed by atoms with Gasteiger partial charge in [0.1, 0.15) is 5.75 Å². The SMILES string of the molecule is NC(=O)NN=Cc1cccc(OC(=O)c2ccco2)c1. The molecule has 3 N–H and O–H groups in total. The van der Waals surface area contributed by atoms with Gasteiger partial charge in [0.15, 0.2) is 0 Å². The number of amides is 2. The Hall–Kier alpha value is -3.09. The molecule has 20 heavy (non-hydrogen) atoms. The summed E-state index contributed by atoms with van der Waals surface area (Å²) in [5.41, 5.74) is 7.55.